The van der Waals surface area contributed by atoms with Gasteiger partial charge >= 0.3 is 12.2 Å². The highest BCUT2D eigenvalue weighted by Crippen LogP contribution is 2.33. The molecule has 186 valence electrons. The third kappa shape index (κ3) is 5.68. The van der Waals surface area contributed by atoms with E-state index in [4.69, 9.17) is 0 Å². The van der Waals surface area contributed by atoms with Gasteiger partial charge in [0.2, 0.25) is 0 Å². The van der Waals surface area contributed by atoms with Gasteiger partial charge in [0.25, 0.3) is 0 Å². The molecular formula is C25H20F5N5O. The predicted molar refractivity (Wildman–Crippen MR) is 126 cm³/mol. The SMILES string of the molecule is C[C@@H](CNc1nnc(-c2ccc(C(F)(F)F)cc2)c2ccccc12)NC(=O)Nc1ccc(F)cc1F. The van der Waals surface area contributed by atoms with E-state index in [0.29, 0.717) is 33.9 Å². The first kappa shape index (κ1) is 24.8. The van der Waals surface area contributed by atoms with Crippen LogP contribution in [0, 0.1) is 11.6 Å². The monoisotopic (exact) mass is 501 g/mol. The first-order valence-corrected chi connectivity index (χ1v) is 10.8. The van der Waals surface area contributed by atoms with Crippen LogP contribution in [0.5, 0.6) is 0 Å². The minimum absolute atomic E-state index is 0.162. The van der Waals surface area contributed by atoms with E-state index in [9.17, 15) is 26.7 Å². The third-order valence-corrected chi connectivity index (χ3v) is 5.31. The number of aromatic nitrogens is 2. The van der Waals surface area contributed by atoms with Gasteiger partial charge < -0.3 is 16.0 Å². The second-order valence-electron chi connectivity index (χ2n) is 8.02. The maximum atomic E-state index is 13.7. The van der Waals surface area contributed by atoms with Crippen LogP contribution in [0.25, 0.3) is 22.0 Å². The number of anilines is 2. The summed E-state index contributed by atoms with van der Waals surface area (Å²) >= 11 is 0. The molecular weight excluding hydrogens is 481 g/mol. The van der Waals surface area contributed by atoms with E-state index in [0.717, 1.165) is 24.3 Å². The number of benzene rings is 3. The lowest BCUT2D eigenvalue weighted by Crippen LogP contribution is -2.40. The Bertz CT molecular complexity index is 1390. The van der Waals surface area contributed by atoms with Crippen LogP contribution < -0.4 is 16.0 Å². The molecule has 0 saturated carbocycles. The van der Waals surface area contributed by atoms with Crippen LogP contribution in [-0.4, -0.2) is 28.8 Å². The van der Waals surface area contributed by atoms with Gasteiger partial charge in [0.1, 0.15) is 17.3 Å². The van der Waals surface area contributed by atoms with Crippen molar-refractivity contribution in [1.82, 2.24) is 15.5 Å². The van der Waals surface area contributed by atoms with Crippen molar-refractivity contribution in [2.75, 3.05) is 17.2 Å². The summed E-state index contributed by atoms with van der Waals surface area (Å²) in [4.78, 5) is 12.2. The zero-order chi connectivity index (χ0) is 25.9. The number of nitrogens with one attached hydrogen (secondary N) is 3. The largest absolute Gasteiger partial charge is 0.416 e. The molecule has 0 radical (unpaired) electrons. The van der Waals surface area contributed by atoms with E-state index in [2.05, 4.69) is 26.1 Å². The number of carbonyl (C=O) groups is 1. The topological polar surface area (TPSA) is 78.9 Å². The minimum atomic E-state index is -4.44. The summed E-state index contributed by atoms with van der Waals surface area (Å²) in [7, 11) is 0. The number of hydrogen-bond acceptors (Lipinski definition) is 4. The molecule has 1 atom stereocenters. The van der Waals surface area contributed by atoms with Crippen LogP contribution in [0.3, 0.4) is 0 Å². The van der Waals surface area contributed by atoms with Crippen molar-refractivity contribution in [2.24, 2.45) is 0 Å². The summed E-state index contributed by atoms with van der Waals surface area (Å²) in [6.07, 6.45) is -4.44. The van der Waals surface area contributed by atoms with Crippen molar-refractivity contribution < 1.29 is 26.7 Å². The molecule has 0 unspecified atom stereocenters. The molecule has 0 aliphatic heterocycles. The van der Waals surface area contributed by atoms with E-state index in [1.165, 1.54) is 12.1 Å². The quantitative estimate of drug-likeness (QED) is 0.274. The van der Waals surface area contributed by atoms with Gasteiger partial charge in [0.15, 0.2) is 5.82 Å². The van der Waals surface area contributed by atoms with Crippen molar-refractivity contribution in [1.29, 1.82) is 0 Å². The summed E-state index contributed by atoms with van der Waals surface area (Å²) in [6, 6.07) is 13.5. The molecule has 0 aliphatic carbocycles. The smallest absolute Gasteiger partial charge is 0.366 e. The number of fused-ring (bicyclic) bond motifs is 1. The Morgan fingerprint density at radius 1 is 0.944 bits per heavy atom. The lowest BCUT2D eigenvalue weighted by atomic mass is 10.0. The Kier molecular flexibility index (Phi) is 7.00. The fourth-order valence-corrected chi connectivity index (χ4v) is 3.54. The van der Waals surface area contributed by atoms with Crippen molar-refractivity contribution in [3.8, 4) is 11.3 Å². The van der Waals surface area contributed by atoms with Gasteiger partial charge in [-0.25, -0.2) is 13.6 Å². The van der Waals surface area contributed by atoms with Gasteiger partial charge in [-0.2, -0.15) is 13.2 Å². The maximum absolute atomic E-state index is 13.7. The Balaban J connectivity index is 1.46. The standard InChI is InChI=1S/C25H20F5N5O/c1-14(32-24(36)33-21-11-10-17(26)12-20(21)27)13-31-23-19-5-3-2-4-18(19)22(34-35-23)15-6-8-16(9-7-15)25(28,29)30/h2-12,14H,13H2,1H3,(H,31,35)(H2,32,33,36)/t14-/m0/s1. The van der Waals surface area contributed by atoms with Crippen LogP contribution >= 0.6 is 0 Å². The summed E-state index contributed by atoms with van der Waals surface area (Å²) in [5.74, 6) is -1.24. The summed E-state index contributed by atoms with van der Waals surface area (Å²) in [6.45, 7) is 1.94. The van der Waals surface area contributed by atoms with Gasteiger partial charge in [0.05, 0.1) is 11.3 Å². The van der Waals surface area contributed by atoms with E-state index < -0.39 is 35.4 Å². The van der Waals surface area contributed by atoms with E-state index in [-0.39, 0.29) is 12.2 Å². The molecule has 3 aromatic carbocycles. The van der Waals surface area contributed by atoms with Gasteiger partial charge in [0, 0.05) is 35.0 Å². The highest BCUT2D eigenvalue weighted by molar-refractivity contribution is 6.00. The second kappa shape index (κ2) is 10.1. The van der Waals surface area contributed by atoms with Gasteiger partial charge in [-0.1, -0.05) is 36.4 Å². The van der Waals surface area contributed by atoms with Crippen LogP contribution in [0.4, 0.5) is 38.3 Å². The average Bonchev–Trinajstić information content (AvgIpc) is 2.84. The number of hydrogen-bond donors (Lipinski definition) is 3. The Labute approximate surface area is 202 Å². The predicted octanol–water partition coefficient (Wildman–Crippen LogP) is 6.22. The number of urea groups is 1. The first-order valence-electron chi connectivity index (χ1n) is 10.8. The summed E-state index contributed by atoms with van der Waals surface area (Å²) in [5, 5.41) is 17.8. The molecule has 6 nitrogen and oxygen atoms in total. The first-order chi connectivity index (χ1) is 17.1. The minimum Gasteiger partial charge on any atom is -0.366 e. The van der Waals surface area contributed by atoms with Crippen molar-refractivity contribution in [3.63, 3.8) is 0 Å². The zero-order valence-electron chi connectivity index (χ0n) is 18.8. The van der Waals surface area contributed by atoms with Crippen LogP contribution in [0.2, 0.25) is 0 Å². The normalized spacial score (nSPS) is 12.3. The van der Waals surface area contributed by atoms with E-state index in [1.54, 1.807) is 31.2 Å². The second-order valence-corrected chi connectivity index (χ2v) is 8.02. The molecule has 4 aromatic rings. The van der Waals surface area contributed by atoms with Gasteiger partial charge in [-0.15, -0.1) is 10.2 Å². The maximum Gasteiger partial charge on any atom is 0.416 e. The third-order valence-electron chi connectivity index (χ3n) is 5.31. The number of amides is 2. The van der Waals surface area contributed by atoms with Crippen LogP contribution in [0.1, 0.15) is 12.5 Å². The van der Waals surface area contributed by atoms with E-state index >= 15 is 0 Å². The fraction of sp³-hybridized carbons (Fsp3) is 0.160. The molecule has 4 rings (SSSR count). The highest BCUT2D eigenvalue weighted by atomic mass is 19.4. The van der Waals surface area contributed by atoms with Crippen molar-refractivity contribution in [2.45, 2.75) is 19.1 Å². The highest BCUT2D eigenvalue weighted by Gasteiger charge is 2.30. The van der Waals surface area contributed by atoms with Crippen LogP contribution in [-0.2, 0) is 6.18 Å². The molecule has 0 fully saturated rings. The molecule has 0 bridgehead atoms. The molecule has 0 spiro atoms. The molecule has 2 amide bonds. The Hall–Kier alpha value is -4.28. The number of rotatable bonds is 6. The Morgan fingerprint density at radius 2 is 1.64 bits per heavy atom. The summed E-state index contributed by atoms with van der Waals surface area (Å²) < 4.78 is 65.5. The molecule has 3 N–H and O–H groups in total. The zero-order valence-corrected chi connectivity index (χ0v) is 18.8. The Morgan fingerprint density at radius 3 is 2.31 bits per heavy atom. The molecule has 11 heteroatoms. The molecule has 0 saturated heterocycles. The molecule has 1 aromatic heterocycles. The van der Waals surface area contributed by atoms with E-state index in [1.807, 2.05) is 0 Å². The van der Waals surface area contributed by atoms with Crippen molar-refractivity contribution >= 4 is 28.3 Å². The fourth-order valence-electron chi connectivity index (χ4n) is 3.54. The number of alkyl halides is 3. The van der Waals surface area contributed by atoms with Crippen LogP contribution in [0.15, 0.2) is 66.7 Å². The lowest BCUT2D eigenvalue weighted by molar-refractivity contribution is -0.137. The molecule has 0 aliphatic rings. The van der Waals surface area contributed by atoms with Gasteiger partial charge in [-0.3, -0.25) is 0 Å². The lowest BCUT2D eigenvalue weighted by Gasteiger charge is -2.17. The van der Waals surface area contributed by atoms with Gasteiger partial charge in [-0.05, 0) is 31.2 Å². The number of halogens is 5. The average molecular weight is 501 g/mol. The van der Waals surface area contributed by atoms with Crippen molar-refractivity contribution in [3.05, 3.63) is 83.9 Å². The molecule has 36 heavy (non-hydrogen) atoms. The summed E-state index contributed by atoms with van der Waals surface area (Å²) in [5.41, 5.74) is -0.00556. The number of nitrogens with zero attached hydrogens (tertiary/aromatic N) is 2. The molecule has 1 heterocycles. The number of carbonyl (C=O) groups excluding carboxylic acids is 1.